The van der Waals surface area contributed by atoms with Crippen LogP contribution in [0.15, 0.2) is 0 Å². The Bertz CT molecular complexity index is 269. The van der Waals surface area contributed by atoms with E-state index < -0.39 is 0 Å². The Labute approximate surface area is 112 Å². The highest BCUT2D eigenvalue weighted by Crippen LogP contribution is 2.29. The first-order chi connectivity index (χ1) is 8.26. The minimum atomic E-state index is 0.232. The molecule has 0 spiro atoms. The van der Waals surface area contributed by atoms with Crippen LogP contribution in [0.5, 0.6) is 0 Å². The molecule has 4 N–H and O–H groups in total. The second-order valence-electron chi connectivity index (χ2n) is 7.79. The monoisotopic (exact) mass is 253 g/mol. The van der Waals surface area contributed by atoms with Gasteiger partial charge >= 0.3 is 0 Å². The van der Waals surface area contributed by atoms with Gasteiger partial charge in [0.25, 0.3) is 0 Å². The van der Waals surface area contributed by atoms with Gasteiger partial charge < -0.3 is 16.4 Å². The largest absolute Gasteiger partial charge is 0.328 e. The molecule has 2 fully saturated rings. The van der Waals surface area contributed by atoms with E-state index in [0.29, 0.717) is 18.1 Å². The Kier molecular flexibility index (Phi) is 4.05. The van der Waals surface area contributed by atoms with Gasteiger partial charge in [-0.3, -0.25) is 0 Å². The van der Waals surface area contributed by atoms with Crippen molar-refractivity contribution in [2.45, 2.75) is 95.4 Å². The summed E-state index contributed by atoms with van der Waals surface area (Å²) in [5, 5.41) is 7.62. The van der Waals surface area contributed by atoms with Gasteiger partial charge in [-0.05, 0) is 59.8 Å². The van der Waals surface area contributed by atoms with Crippen molar-refractivity contribution >= 4 is 0 Å². The normalized spacial score (nSPS) is 36.5. The molecule has 1 heterocycles. The van der Waals surface area contributed by atoms with E-state index in [4.69, 9.17) is 5.73 Å². The fourth-order valence-electron chi connectivity index (χ4n) is 4.15. The van der Waals surface area contributed by atoms with Crippen LogP contribution in [-0.2, 0) is 0 Å². The first-order valence-electron chi connectivity index (χ1n) is 7.57. The molecule has 0 bridgehead atoms. The summed E-state index contributed by atoms with van der Waals surface area (Å²) in [4.78, 5) is 0. The SMILES string of the molecule is CC1(C)CC(NC2CCCC(N)C2)CC(C)(C)N1. The minimum absolute atomic E-state index is 0.232. The third-order valence-corrected chi connectivity index (χ3v) is 4.38. The Balaban J connectivity index is 1.92. The maximum absolute atomic E-state index is 6.08. The number of hydrogen-bond acceptors (Lipinski definition) is 3. The van der Waals surface area contributed by atoms with Gasteiger partial charge in [0.05, 0.1) is 0 Å². The van der Waals surface area contributed by atoms with E-state index in [-0.39, 0.29) is 11.1 Å². The van der Waals surface area contributed by atoms with E-state index in [1.807, 2.05) is 0 Å². The fraction of sp³-hybridized carbons (Fsp3) is 1.00. The van der Waals surface area contributed by atoms with Crippen LogP contribution in [-0.4, -0.2) is 29.2 Å². The lowest BCUT2D eigenvalue weighted by atomic mass is 9.79. The first-order valence-corrected chi connectivity index (χ1v) is 7.57. The third kappa shape index (κ3) is 3.94. The highest BCUT2D eigenvalue weighted by atomic mass is 15.1. The molecule has 0 aromatic carbocycles. The molecule has 1 saturated carbocycles. The maximum Gasteiger partial charge on any atom is 0.0144 e. The number of hydrogen-bond donors (Lipinski definition) is 3. The summed E-state index contributed by atoms with van der Waals surface area (Å²) in [5.41, 5.74) is 6.55. The lowest BCUT2D eigenvalue weighted by molar-refractivity contribution is 0.133. The molecule has 2 unspecified atom stereocenters. The predicted octanol–water partition coefficient (Wildman–Crippen LogP) is 2.16. The van der Waals surface area contributed by atoms with Gasteiger partial charge in [-0.25, -0.2) is 0 Å². The summed E-state index contributed by atoms with van der Waals surface area (Å²) < 4.78 is 0. The highest BCUT2D eigenvalue weighted by molar-refractivity contribution is 5.00. The van der Waals surface area contributed by atoms with Crippen molar-refractivity contribution in [2.75, 3.05) is 0 Å². The topological polar surface area (TPSA) is 50.1 Å². The molecule has 1 saturated heterocycles. The van der Waals surface area contributed by atoms with E-state index in [0.717, 1.165) is 6.42 Å². The van der Waals surface area contributed by atoms with Crippen LogP contribution >= 0.6 is 0 Å². The molecular formula is C15H31N3. The average Bonchev–Trinajstić information content (AvgIpc) is 2.11. The molecule has 2 aliphatic rings. The van der Waals surface area contributed by atoms with Crippen molar-refractivity contribution in [3.63, 3.8) is 0 Å². The van der Waals surface area contributed by atoms with Gasteiger partial charge in [0.15, 0.2) is 0 Å². The zero-order valence-corrected chi connectivity index (χ0v) is 12.6. The molecule has 0 aromatic heterocycles. The molecule has 106 valence electrons. The minimum Gasteiger partial charge on any atom is -0.328 e. The maximum atomic E-state index is 6.08. The summed E-state index contributed by atoms with van der Waals surface area (Å²) in [6.07, 6.45) is 7.38. The molecule has 3 nitrogen and oxygen atoms in total. The molecule has 1 aliphatic carbocycles. The van der Waals surface area contributed by atoms with Gasteiger partial charge in [-0.2, -0.15) is 0 Å². The summed E-state index contributed by atoms with van der Waals surface area (Å²) in [7, 11) is 0. The third-order valence-electron chi connectivity index (χ3n) is 4.38. The molecule has 0 amide bonds. The van der Waals surface area contributed by atoms with Gasteiger partial charge in [-0.15, -0.1) is 0 Å². The summed E-state index contributed by atoms with van der Waals surface area (Å²) in [6, 6.07) is 1.69. The number of piperidine rings is 1. The van der Waals surface area contributed by atoms with Crippen molar-refractivity contribution in [1.29, 1.82) is 0 Å². The Morgan fingerprint density at radius 2 is 1.61 bits per heavy atom. The molecule has 2 rings (SSSR count). The highest BCUT2D eigenvalue weighted by Gasteiger charge is 2.38. The molecule has 0 aromatic rings. The fourth-order valence-corrected chi connectivity index (χ4v) is 4.15. The van der Waals surface area contributed by atoms with Crippen LogP contribution in [0, 0.1) is 0 Å². The van der Waals surface area contributed by atoms with Gasteiger partial charge in [0.1, 0.15) is 0 Å². The smallest absolute Gasteiger partial charge is 0.0144 e. The van der Waals surface area contributed by atoms with Crippen LogP contribution in [0.25, 0.3) is 0 Å². The Morgan fingerprint density at radius 1 is 1.00 bits per heavy atom. The summed E-state index contributed by atoms with van der Waals surface area (Å²) in [6.45, 7) is 9.26. The van der Waals surface area contributed by atoms with Crippen LogP contribution in [0.1, 0.15) is 66.2 Å². The lowest BCUT2D eigenvalue weighted by Gasteiger charge is -2.48. The van der Waals surface area contributed by atoms with Gasteiger partial charge in [0, 0.05) is 29.2 Å². The van der Waals surface area contributed by atoms with E-state index in [1.54, 1.807) is 0 Å². The number of rotatable bonds is 2. The standard InChI is InChI=1S/C15H31N3/c1-14(2)9-13(10-15(3,4)18-14)17-12-7-5-6-11(16)8-12/h11-13,17-18H,5-10,16H2,1-4H3. The Hall–Kier alpha value is -0.120. The van der Waals surface area contributed by atoms with E-state index >= 15 is 0 Å². The molecule has 1 aliphatic heterocycles. The second kappa shape index (κ2) is 5.10. The van der Waals surface area contributed by atoms with Crippen LogP contribution < -0.4 is 16.4 Å². The Morgan fingerprint density at radius 3 is 2.17 bits per heavy atom. The number of nitrogens with one attached hydrogen (secondary N) is 2. The van der Waals surface area contributed by atoms with Crippen molar-refractivity contribution in [3.8, 4) is 0 Å². The molecule has 3 heteroatoms. The summed E-state index contributed by atoms with van der Waals surface area (Å²) >= 11 is 0. The molecule has 18 heavy (non-hydrogen) atoms. The van der Waals surface area contributed by atoms with E-state index in [9.17, 15) is 0 Å². The first kappa shape index (κ1) is 14.3. The van der Waals surface area contributed by atoms with Crippen molar-refractivity contribution < 1.29 is 0 Å². The molecule has 0 radical (unpaired) electrons. The zero-order valence-electron chi connectivity index (χ0n) is 12.6. The van der Waals surface area contributed by atoms with Crippen LogP contribution in [0.4, 0.5) is 0 Å². The van der Waals surface area contributed by atoms with Crippen LogP contribution in [0.3, 0.4) is 0 Å². The number of nitrogens with two attached hydrogens (primary N) is 1. The predicted molar refractivity (Wildman–Crippen MR) is 77.7 cm³/mol. The van der Waals surface area contributed by atoms with Crippen LogP contribution in [0.2, 0.25) is 0 Å². The summed E-state index contributed by atoms with van der Waals surface area (Å²) in [5.74, 6) is 0. The average molecular weight is 253 g/mol. The second-order valence-corrected chi connectivity index (χ2v) is 7.79. The molecule has 2 atom stereocenters. The van der Waals surface area contributed by atoms with Gasteiger partial charge in [-0.1, -0.05) is 6.42 Å². The molecular weight excluding hydrogens is 222 g/mol. The van der Waals surface area contributed by atoms with Crippen molar-refractivity contribution in [1.82, 2.24) is 10.6 Å². The van der Waals surface area contributed by atoms with Crippen molar-refractivity contribution in [3.05, 3.63) is 0 Å². The van der Waals surface area contributed by atoms with Crippen molar-refractivity contribution in [2.24, 2.45) is 5.73 Å². The zero-order chi connectivity index (χ0) is 13.4. The van der Waals surface area contributed by atoms with Gasteiger partial charge in [0.2, 0.25) is 0 Å². The van der Waals surface area contributed by atoms with E-state index in [2.05, 4.69) is 38.3 Å². The lowest BCUT2D eigenvalue weighted by Crippen LogP contribution is -2.62. The quantitative estimate of drug-likeness (QED) is 0.707. The van der Waals surface area contributed by atoms with E-state index in [1.165, 1.54) is 32.1 Å².